The molecule has 2 bridgehead atoms. The van der Waals surface area contributed by atoms with Gasteiger partial charge in [-0.3, -0.25) is 14.5 Å². The molecule has 1 aromatic heterocycles. The van der Waals surface area contributed by atoms with E-state index in [0.29, 0.717) is 18.4 Å². The molecule has 0 radical (unpaired) electrons. The lowest BCUT2D eigenvalue weighted by atomic mass is 9.83. The van der Waals surface area contributed by atoms with Gasteiger partial charge in [0.15, 0.2) is 5.78 Å². The molecule has 0 spiro atoms. The van der Waals surface area contributed by atoms with Crippen LogP contribution in [-0.4, -0.2) is 34.9 Å². The Labute approximate surface area is 149 Å². The summed E-state index contributed by atoms with van der Waals surface area (Å²) in [4.78, 5) is 26.8. The average molecular weight is 387 g/mol. The van der Waals surface area contributed by atoms with Crippen LogP contribution in [0.4, 0.5) is 0 Å². The van der Waals surface area contributed by atoms with E-state index in [0.717, 1.165) is 41.8 Å². The van der Waals surface area contributed by atoms with Gasteiger partial charge in [-0.15, -0.1) is 0 Å². The predicted molar refractivity (Wildman–Crippen MR) is 96.5 cm³/mol. The Morgan fingerprint density at radius 2 is 1.88 bits per heavy atom. The summed E-state index contributed by atoms with van der Waals surface area (Å²) in [6, 6.07) is 13.1. The van der Waals surface area contributed by atoms with E-state index in [2.05, 4.69) is 26.9 Å². The van der Waals surface area contributed by atoms with Gasteiger partial charge in [-0.2, -0.15) is 0 Å². The maximum Gasteiger partial charge on any atom is 0.250 e. The van der Waals surface area contributed by atoms with Crippen LogP contribution in [0.3, 0.4) is 0 Å². The topological polar surface area (TPSA) is 42.3 Å². The molecule has 2 aliphatic rings. The number of carbonyl (C=O) groups is 1. The number of rotatable bonds is 3. The summed E-state index contributed by atoms with van der Waals surface area (Å²) in [5.74, 6) is 0.964. The van der Waals surface area contributed by atoms with Crippen molar-refractivity contribution >= 4 is 21.7 Å². The third-order valence-electron chi connectivity index (χ3n) is 5.09. The van der Waals surface area contributed by atoms with Crippen molar-refractivity contribution in [1.29, 1.82) is 0 Å². The summed E-state index contributed by atoms with van der Waals surface area (Å²) in [6.07, 6.45) is 1.12. The first kappa shape index (κ1) is 15.8. The number of aromatic nitrogens is 1. The van der Waals surface area contributed by atoms with Crippen molar-refractivity contribution in [3.63, 3.8) is 0 Å². The van der Waals surface area contributed by atoms with Crippen molar-refractivity contribution in [3.8, 4) is 0 Å². The molecule has 0 saturated carbocycles. The summed E-state index contributed by atoms with van der Waals surface area (Å²) in [5, 5.41) is 0. The fourth-order valence-electron chi connectivity index (χ4n) is 4.05. The lowest BCUT2D eigenvalue weighted by Gasteiger charge is -2.42. The SMILES string of the molecule is O=C(CN1C[C@@H]2C[C@@H](C1)c1cccc(=O)n1C2)c1ccc(Br)cc1. The number of fused-ring (bicyclic) bond motifs is 4. The van der Waals surface area contributed by atoms with Crippen LogP contribution in [0.25, 0.3) is 0 Å². The number of carbonyl (C=O) groups excluding carboxylic acids is 1. The van der Waals surface area contributed by atoms with E-state index in [1.165, 1.54) is 0 Å². The van der Waals surface area contributed by atoms with Crippen molar-refractivity contribution in [2.24, 2.45) is 5.92 Å². The van der Waals surface area contributed by atoms with Gasteiger partial charge in [-0.1, -0.05) is 34.1 Å². The van der Waals surface area contributed by atoms with E-state index in [-0.39, 0.29) is 11.3 Å². The second-order valence-electron chi connectivity index (χ2n) is 6.82. The summed E-state index contributed by atoms with van der Waals surface area (Å²) in [6.45, 7) is 2.96. The van der Waals surface area contributed by atoms with E-state index in [4.69, 9.17) is 0 Å². The Kier molecular flexibility index (Phi) is 4.14. The van der Waals surface area contributed by atoms with Gasteiger partial charge in [-0.25, -0.2) is 0 Å². The Morgan fingerprint density at radius 3 is 2.67 bits per heavy atom. The summed E-state index contributed by atoms with van der Waals surface area (Å²) < 4.78 is 2.90. The quantitative estimate of drug-likeness (QED) is 0.761. The van der Waals surface area contributed by atoms with Crippen molar-refractivity contribution in [2.75, 3.05) is 19.6 Å². The highest BCUT2D eigenvalue weighted by Crippen LogP contribution is 2.34. The monoisotopic (exact) mass is 386 g/mol. The largest absolute Gasteiger partial charge is 0.312 e. The van der Waals surface area contributed by atoms with Gasteiger partial charge < -0.3 is 4.57 Å². The first-order chi connectivity index (χ1) is 11.6. The molecule has 1 aromatic carbocycles. The van der Waals surface area contributed by atoms with Crippen LogP contribution >= 0.6 is 15.9 Å². The van der Waals surface area contributed by atoms with E-state index in [9.17, 15) is 9.59 Å². The smallest absolute Gasteiger partial charge is 0.250 e. The standard InChI is InChI=1S/C19H19BrN2O2/c20-16-6-4-14(5-7-16)18(23)12-21-9-13-8-15(11-21)17-2-1-3-19(24)22(17)10-13/h1-7,13,15H,8-12H2/t13-,15-/m0/s1. The highest BCUT2D eigenvalue weighted by Gasteiger charge is 2.34. The molecular weight excluding hydrogens is 368 g/mol. The van der Waals surface area contributed by atoms with E-state index in [1.807, 2.05) is 34.9 Å². The van der Waals surface area contributed by atoms with Crippen LogP contribution in [0, 0.1) is 5.92 Å². The predicted octanol–water partition coefficient (Wildman–Crippen LogP) is 2.91. The van der Waals surface area contributed by atoms with Crippen LogP contribution in [0.2, 0.25) is 0 Å². The second kappa shape index (κ2) is 6.30. The minimum Gasteiger partial charge on any atom is -0.312 e. The van der Waals surface area contributed by atoms with Gasteiger partial charge in [0.2, 0.25) is 0 Å². The van der Waals surface area contributed by atoms with Crippen LogP contribution < -0.4 is 5.56 Å². The number of pyridine rings is 1. The highest BCUT2D eigenvalue weighted by atomic mass is 79.9. The summed E-state index contributed by atoms with van der Waals surface area (Å²) >= 11 is 3.40. The van der Waals surface area contributed by atoms with Gasteiger partial charge in [0.25, 0.3) is 5.56 Å². The van der Waals surface area contributed by atoms with Gasteiger partial charge in [0.05, 0.1) is 6.54 Å². The molecule has 0 amide bonds. The number of piperidine rings is 1. The molecule has 4 nitrogen and oxygen atoms in total. The average Bonchev–Trinajstić information content (AvgIpc) is 2.56. The molecule has 0 unspecified atom stereocenters. The molecule has 0 N–H and O–H groups in total. The Balaban J connectivity index is 1.51. The van der Waals surface area contributed by atoms with Gasteiger partial charge in [-0.05, 0) is 30.5 Å². The number of hydrogen-bond donors (Lipinski definition) is 0. The molecule has 124 valence electrons. The number of halogens is 1. The molecule has 2 aromatic rings. The zero-order chi connectivity index (χ0) is 16.7. The zero-order valence-corrected chi connectivity index (χ0v) is 14.9. The first-order valence-electron chi connectivity index (χ1n) is 8.31. The second-order valence-corrected chi connectivity index (χ2v) is 7.74. The molecule has 1 saturated heterocycles. The third-order valence-corrected chi connectivity index (χ3v) is 5.62. The van der Waals surface area contributed by atoms with Crippen LogP contribution in [0.5, 0.6) is 0 Å². The number of hydrogen-bond acceptors (Lipinski definition) is 3. The van der Waals surface area contributed by atoms with Gasteiger partial charge in [0.1, 0.15) is 0 Å². The lowest BCUT2D eigenvalue weighted by Crippen LogP contribution is -2.48. The fraction of sp³-hybridized carbons (Fsp3) is 0.368. The van der Waals surface area contributed by atoms with Crippen molar-refractivity contribution in [1.82, 2.24) is 9.47 Å². The van der Waals surface area contributed by atoms with Crippen LogP contribution in [0.1, 0.15) is 28.4 Å². The Hall–Kier alpha value is -1.72. The fourth-order valence-corrected chi connectivity index (χ4v) is 4.32. The number of Topliss-reactive ketones (excluding diaryl/α,β-unsaturated/α-hetero) is 1. The number of nitrogens with zero attached hydrogens (tertiary/aromatic N) is 2. The maximum atomic E-state index is 12.5. The molecular formula is C19H19BrN2O2. The molecule has 4 rings (SSSR count). The zero-order valence-electron chi connectivity index (χ0n) is 13.3. The molecule has 1 fully saturated rings. The molecule has 24 heavy (non-hydrogen) atoms. The van der Waals surface area contributed by atoms with Crippen molar-refractivity contribution < 1.29 is 4.79 Å². The first-order valence-corrected chi connectivity index (χ1v) is 9.10. The number of likely N-dealkylation sites (tertiary alicyclic amines) is 1. The third kappa shape index (κ3) is 2.98. The van der Waals surface area contributed by atoms with Crippen molar-refractivity contribution in [2.45, 2.75) is 18.9 Å². The minimum absolute atomic E-state index is 0.0987. The van der Waals surface area contributed by atoms with E-state index >= 15 is 0 Å². The number of ketones is 1. The normalized spacial score (nSPS) is 22.9. The minimum atomic E-state index is 0.0987. The van der Waals surface area contributed by atoms with E-state index < -0.39 is 0 Å². The Morgan fingerprint density at radius 1 is 1.08 bits per heavy atom. The summed E-state index contributed by atoms with van der Waals surface area (Å²) in [7, 11) is 0. The molecule has 2 aliphatic heterocycles. The van der Waals surface area contributed by atoms with Crippen LogP contribution in [-0.2, 0) is 6.54 Å². The summed E-state index contributed by atoms with van der Waals surface area (Å²) in [5.41, 5.74) is 1.98. The van der Waals surface area contributed by atoms with Crippen molar-refractivity contribution in [3.05, 3.63) is 68.5 Å². The molecule has 5 heteroatoms. The molecule has 0 aliphatic carbocycles. The van der Waals surface area contributed by atoms with Crippen LogP contribution in [0.15, 0.2) is 51.7 Å². The Bertz CT molecular complexity index is 828. The number of benzene rings is 1. The van der Waals surface area contributed by atoms with Gasteiger partial charge >= 0.3 is 0 Å². The lowest BCUT2D eigenvalue weighted by molar-refractivity contribution is 0.0817. The molecule has 3 heterocycles. The van der Waals surface area contributed by atoms with Gasteiger partial charge in [0, 0.05) is 47.3 Å². The highest BCUT2D eigenvalue weighted by molar-refractivity contribution is 9.10. The maximum absolute atomic E-state index is 12.5. The van der Waals surface area contributed by atoms with E-state index in [1.54, 1.807) is 6.07 Å². The molecule has 2 atom stereocenters.